The van der Waals surface area contributed by atoms with Crippen molar-refractivity contribution >= 4 is 48.6 Å². The van der Waals surface area contributed by atoms with Crippen LogP contribution in [0.15, 0.2) is 12.7 Å². The number of hydrogen-bond acceptors (Lipinski definition) is 7. The van der Waals surface area contributed by atoms with Gasteiger partial charge in [-0.05, 0) is 43.3 Å². The molecule has 6 amide bonds. The van der Waals surface area contributed by atoms with Gasteiger partial charge in [0.25, 0.3) is 0 Å². The van der Waals surface area contributed by atoms with Gasteiger partial charge in [0.05, 0.1) is 19.1 Å². The van der Waals surface area contributed by atoms with Gasteiger partial charge in [-0.25, -0.2) is 4.79 Å². The van der Waals surface area contributed by atoms with Crippen molar-refractivity contribution in [1.82, 2.24) is 31.1 Å². The number of rotatable bonds is 17. The van der Waals surface area contributed by atoms with Crippen LogP contribution >= 0.6 is 12.6 Å². The van der Waals surface area contributed by atoms with E-state index in [1.807, 2.05) is 20.8 Å². The summed E-state index contributed by atoms with van der Waals surface area (Å²) in [7, 11) is 0. The lowest BCUT2D eigenvalue weighted by molar-refractivity contribution is -0.138. The van der Waals surface area contributed by atoms with Crippen LogP contribution in [-0.2, 0) is 24.0 Å². The van der Waals surface area contributed by atoms with Crippen LogP contribution in [0.5, 0.6) is 0 Å². The summed E-state index contributed by atoms with van der Waals surface area (Å²) >= 11 is 3.53. The summed E-state index contributed by atoms with van der Waals surface area (Å²) in [6.07, 6.45) is 17.8. The molecular weight excluding hydrogens is 705 g/mol. The van der Waals surface area contributed by atoms with Gasteiger partial charge < -0.3 is 31.1 Å². The SMILES string of the molecule is C=CCNC=O.CC(=O)CNC(=O)C1CCCN1C(=O)CNC(=O)NC(CN1CCC(C)(C)CC1=O)C(C)(C)C.CCC.CCCCCCCCC.CS. The van der Waals surface area contributed by atoms with Crippen molar-refractivity contribution in [1.29, 1.82) is 0 Å². The molecule has 0 saturated carbocycles. The predicted molar refractivity (Wildman–Crippen MR) is 227 cm³/mol. The highest BCUT2D eigenvalue weighted by Crippen LogP contribution is 2.31. The van der Waals surface area contributed by atoms with Gasteiger partial charge >= 0.3 is 6.03 Å². The molecule has 0 aromatic carbocycles. The molecule has 2 aliphatic heterocycles. The summed E-state index contributed by atoms with van der Waals surface area (Å²) in [5, 5.41) is 10.5. The maximum atomic E-state index is 12.7. The van der Waals surface area contributed by atoms with Crippen LogP contribution in [0.1, 0.15) is 146 Å². The predicted octanol–water partition coefficient (Wildman–Crippen LogP) is 6.68. The molecule has 2 unspecified atom stereocenters. The number of unbranched alkanes of at least 4 members (excludes halogenated alkanes) is 6. The molecule has 2 saturated heterocycles. The van der Waals surface area contributed by atoms with E-state index in [0.29, 0.717) is 51.9 Å². The van der Waals surface area contributed by atoms with E-state index in [1.54, 1.807) is 17.2 Å². The third kappa shape index (κ3) is 28.4. The molecule has 13 heteroatoms. The average Bonchev–Trinajstić information content (AvgIpc) is 3.61. The van der Waals surface area contributed by atoms with Gasteiger partial charge in [-0.15, -0.1) is 6.58 Å². The second kappa shape index (κ2) is 33.3. The molecule has 0 spiro atoms. The van der Waals surface area contributed by atoms with Crippen molar-refractivity contribution in [2.24, 2.45) is 10.8 Å². The van der Waals surface area contributed by atoms with Crippen molar-refractivity contribution in [3.8, 4) is 0 Å². The number of nitrogens with zero attached hydrogens (tertiary/aromatic N) is 2. The quantitative estimate of drug-likeness (QED) is 0.0480. The van der Waals surface area contributed by atoms with Crippen LogP contribution in [0, 0.1) is 10.8 Å². The van der Waals surface area contributed by atoms with Crippen LogP contribution in [0.4, 0.5) is 4.79 Å². The lowest BCUT2D eigenvalue weighted by Gasteiger charge is -2.41. The monoisotopic (exact) mass is 785 g/mol. The van der Waals surface area contributed by atoms with Crippen molar-refractivity contribution < 1.29 is 28.8 Å². The Morgan fingerprint density at radius 2 is 1.50 bits per heavy atom. The Hall–Kier alpha value is -3.09. The summed E-state index contributed by atoms with van der Waals surface area (Å²) in [6, 6.07) is -1.42. The molecule has 0 aromatic heterocycles. The van der Waals surface area contributed by atoms with Gasteiger partial charge in [-0.2, -0.15) is 12.6 Å². The van der Waals surface area contributed by atoms with E-state index in [9.17, 15) is 28.8 Å². The summed E-state index contributed by atoms with van der Waals surface area (Å²) < 4.78 is 0. The van der Waals surface area contributed by atoms with Gasteiger partial charge in [0.1, 0.15) is 11.8 Å². The number of likely N-dealkylation sites (tertiary alicyclic amines) is 2. The van der Waals surface area contributed by atoms with Crippen LogP contribution in [-0.4, -0.2) is 103 Å². The first kappa shape index (κ1) is 55.2. The van der Waals surface area contributed by atoms with E-state index < -0.39 is 12.1 Å². The third-order valence-corrected chi connectivity index (χ3v) is 8.63. The molecule has 12 nitrogen and oxygen atoms in total. The fourth-order valence-corrected chi connectivity index (χ4v) is 5.42. The Morgan fingerprint density at radius 3 is 1.94 bits per heavy atom. The van der Waals surface area contributed by atoms with Crippen LogP contribution < -0.4 is 21.3 Å². The van der Waals surface area contributed by atoms with Gasteiger partial charge in [-0.3, -0.25) is 24.0 Å². The van der Waals surface area contributed by atoms with Gasteiger partial charge in [-0.1, -0.05) is 120 Å². The smallest absolute Gasteiger partial charge is 0.315 e. The van der Waals surface area contributed by atoms with E-state index in [-0.39, 0.29) is 53.5 Å². The van der Waals surface area contributed by atoms with Crippen molar-refractivity contribution in [2.75, 3.05) is 45.5 Å². The second-order valence-electron chi connectivity index (χ2n) is 15.6. The molecule has 2 heterocycles. The molecular formula is C41H80N6O6S. The first-order chi connectivity index (χ1) is 25.4. The van der Waals surface area contributed by atoms with E-state index in [4.69, 9.17) is 0 Å². The third-order valence-electron chi connectivity index (χ3n) is 8.63. The Labute approximate surface area is 335 Å². The Morgan fingerprint density at radius 1 is 0.944 bits per heavy atom. The Kier molecular flexibility index (Phi) is 34.0. The van der Waals surface area contributed by atoms with Crippen molar-refractivity contribution in [2.45, 2.75) is 158 Å². The highest BCUT2D eigenvalue weighted by atomic mass is 32.1. The first-order valence-electron chi connectivity index (χ1n) is 20.1. The number of urea groups is 1. The molecule has 2 aliphatic rings. The zero-order valence-electron chi connectivity index (χ0n) is 36.0. The number of ketones is 1. The Bertz CT molecular complexity index is 1050. The van der Waals surface area contributed by atoms with E-state index in [0.717, 1.165) is 6.42 Å². The molecule has 2 fully saturated rings. The van der Waals surface area contributed by atoms with Crippen molar-refractivity contribution in [3.05, 3.63) is 12.7 Å². The second-order valence-corrected chi connectivity index (χ2v) is 15.6. The zero-order chi connectivity index (χ0) is 42.2. The molecule has 2 atom stereocenters. The van der Waals surface area contributed by atoms with Gasteiger partial charge in [0.2, 0.25) is 24.1 Å². The van der Waals surface area contributed by atoms with Crippen LogP contribution in [0.25, 0.3) is 0 Å². The molecule has 316 valence electrons. The molecule has 0 radical (unpaired) electrons. The topological polar surface area (TPSA) is 157 Å². The number of carbonyl (C=O) groups excluding carboxylic acids is 6. The van der Waals surface area contributed by atoms with Gasteiger partial charge in [0.15, 0.2) is 0 Å². The minimum absolute atomic E-state index is 0.00756. The number of piperidine rings is 1. The molecule has 0 aliphatic carbocycles. The highest BCUT2D eigenvalue weighted by Gasteiger charge is 2.36. The largest absolute Gasteiger partial charge is 0.355 e. The highest BCUT2D eigenvalue weighted by molar-refractivity contribution is 7.79. The van der Waals surface area contributed by atoms with E-state index in [2.05, 4.69) is 82.0 Å². The molecule has 4 N–H and O–H groups in total. The molecule has 54 heavy (non-hydrogen) atoms. The lowest BCUT2D eigenvalue weighted by Crippen LogP contribution is -2.57. The molecule has 0 bridgehead atoms. The maximum Gasteiger partial charge on any atom is 0.315 e. The Balaban J connectivity index is -0.00000107. The summed E-state index contributed by atoms with van der Waals surface area (Å²) in [5.41, 5.74) is -0.310. The van der Waals surface area contributed by atoms with Crippen molar-refractivity contribution in [3.63, 3.8) is 0 Å². The van der Waals surface area contributed by atoms with Gasteiger partial charge in [0, 0.05) is 32.6 Å². The number of thiol groups is 1. The maximum absolute atomic E-state index is 12.7. The number of amides is 6. The van der Waals surface area contributed by atoms with E-state index in [1.165, 1.54) is 63.2 Å². The number of nitrogens with one attached hydrogen (secondary N) is 4. The number of hydrogen-bond donors (Lipinski definition) is 5. The molecule has 0 aromatic rings. The minimum atomic E-state index is -0.631. The normalized spacial score (nSPS) is 16.1. The number of Topliss-reactive ketones (excluding diaryl/α,β-unsaturated/α-hetero) is 1. The average molecular weight is 785 g/mol. The number of carbonyl (C=O) groups is 6. The minimum Gasteiger partial charge on any atom is -0.355 e. The standard InChI is InChI=1S/C24H41N5O5.C9H20.C4H7NO.C3H8.CH4S/c1-16(30)13-25-21(33)17-8-7-10-29(17)20(32)14-26-22(34)27-18(23(2,3)4)15-28-11-9-24(5,6)12-19(28)31;1-3-5-7-9-8-6-4-2;1-2-3-5-4-6;1-3-2;1-2/h17-18H,7-15H2,1-6H3,(H,25,33)(H2,26,27,34);3-9H2,1-2H3;2,4H,1,3H2,(H,5,6);3H2,1-2H3;2H,1H3. The molecule has 2 rings (SSSR count). The van der Waals surface area contributed by atoms with Crippen LogP contribution in [0.3, 0.4) is 0 Å². The van der Waals surface area contributed by atoms with E-state index >= 15 is 0 Å². The summed E-state index contributed by atoms with van der Waals surface area (Å²) in [6.45, 7) is 25.4. The fourth-order valence-electron chi connectivity index (χ4n) is 5.42. The van der Waals surface area contributed by atoms with Crippen LogP contribution in [0.2, 0.25) is 0 Å². The zero-order valence-corrected chi connectivity index (χ0v) is 36.9. The first-order valence-corrected chi connectivity index (χ1v) is 20.9. The summed E-state index contributed by atoms with van der Waals surface area (Å²) in [5.74, 6) is -0.777. The fraction of sp³-hybridized carbons (Fsp3) is 0.805. The lowest BCUT2D eigenvalue weighted by atomic mass is 9.81. The summed E-state index contributed by atoms with van der Waals surface area (Å²) in [4.78, 5) is 74.0.